The number of halogens is 5. The Morgan fingerprint density at radius 3 is 2.24 bits per heavy atom. The fourth-order valence-electron chi connectivity index (χ4n) is 2.64. The molecule has 0 radical (unpaired) electrons. The van der Waals surface area contributed by atoms with Gasteiger partial charge in [-0.05, 0) is 33.8 Å². The molecule has 1 heterocycles. The molecule has 0 aliphatic rings. The Bertz CT molecular complexity index is 1080. The van der Waals surface area contributed by atoms with Gasteiger partial charge in [-0.2, -0.15) is 13.2 Å². The molecule has 0 aliphatic heterocycles. The molecule has 4 N–H and O–H groups in total. The van der Waals surface area contributed by atoms with Crippen molar-refractivity contribution in [3.8, 4) is 10.4 Å². The molecular weight excluding hydrogens is 538 g/mol. The number of thiazole rings is 1. The van der Waals surface area contributed by atoms with Crippen molar-refractivity contribution in [2.45, 2.75) is 56.4 Å². The van der Waals surface area contributed by atoms with Crippen molar-refractivity contribution in [2.24, 2.45) is 0 Å². The molecule has 0 spiro atoms. The summed E-state index contributed by atoms with van der Waals surface area (Å²) in [5.74, 6) is -0.549. The zero-order valence-electron chi connectivity index (χ0n) is 18.6. The smallest absolute Gasteiger partial charge is 0.390 e. The fraction of sp³-hybridized carbons (Fsp3) is 0.500. The lowest BCUT2D eigenvalue weighted by atomic mass is 10.0. The van der Waals surface area contributed by atoms with Gasteiger partial charge in [0, 0.05) is 18.5 Å². The molecule has 7 nitrogen and oxygen atoms in total. The van der Waals surface area contributed by atoms with Gasteiger partial charge in [-0.3, -0.25) is 4.79 Å². The van der Waals surface area contributed by atoms with Gasteiger partial charge in [0.05, 0.1) is 36.7 Å². The highest BCUT2D eigenvalue weighted by Gasteiger charge is 2.29. The van der Waals surface area contributed by atoms with Crippen LogP contribution >= 0.6 is 34.5 Å². The third-order valence-corrected chi connectivity index (χ3v) is 7.34. The zero-order chi connectivity index (χ0) is 26.1. The molecule has 0 bridgehead atoms. The number of carbonyl (C=O) groups excluding carboxylic acids is 1. The zero-order valence-corrected chi connectivity index (χ0v) is 21.8. The maximum absolute atomic E-state index is 12.6. The highest BCUT2D eigenvalue weighted by atomic mass is 35.5. The van der Waals surface area contributed by atoms with E-state index in [0.29, 0.717) is 16.1 Å². The van der Waals surface area contributed by atoms with Crippen molar-refractivity contribution >= 4 is 51.4 Å². The number of aliphatic hydroxyl groups is 2. The first-order valence-corrected chi connectivity index (χ1v) is 12.5. The largest absolute Gasteiger partial charge is 0.402 e. The van der Waals surface area contributed by atoms with Crippen molar-refractivity contribution in [2.75, 3.05) is 13.1 Å². The lowest BCUT2D eigenvalue weighted by Crippen LogP contribution is -2.38. The predicted octanol–water partition coefficient (Wildman–Crippen LogP) is 4.11. The van der Waals surface area contributed by atoms with E-state index in [1.165, 1.54) is 26.0 Å². The van der Waals surface area contributed by atoms with Gasteiger partial charge in [-0.1, -0.05) is 29.3 Å². The SMILES string of the molecule is CC(C)(O)CNC(=O)c1nc(CC(C)(C)O)c(-c2ccc(S(=O)NCC(F)(F)F)c(Cl)c2Cl)s1. The van der Waals surface area contributed by atoms with E-state index < -0.39 is 40.8 Å². The predicted molar refractivity (Wildman–Crippen MR) is 127 cm³/mol. The van der Waals surface area contributed by atoms with Gasteiger partial charge in [-0.15, -0.1) is 11.3 Å². The lowest BCUT2D eigenvalue weighted by Gasteiger charge is -2.17. The Morgan fingerprint density at radius 2 is 1.71 bits per heavy atom. The molecule has 34 heavy (non-hydrogen) atoms. The summed E-state index contributed by atoms with van der Waals surface area (Å²) in [7, 11) is -2.28. The number of amides is 1. The van der Waals surface area contributed by atoms with Gasteiger partial charge in [0.2, 0.25) is 0 Å². The van der Waals surface area contributed by atoms with Crippen LogP contribution in [0.1, 0.15) is 43.2 Å². The van der Waals surface area contributed by atoms with Crippen molar-refractivity contribution in [3.63, 3.8) is 0 Å². The average molecular weight is 562 g/mol. The van der Waals surface area contributed by atoms with E-state index >= 15 is 0 Å². The van der Waals surface area contributed by atoms with Crippen molar-refractivity contribution in [1.82, 2.24) is 15.0 Å². The van der Waals surface area contributed by atoms with Crippen LogP contribution in [0.15, 0.2) is 17.0 Å². The average Bonchev–Trinajstić information content (AvgIpc) is 3.07. The minimum absolute atomic E-state index is 0.0282. The monoisotopic (exact) mass is 561 g/mol. The summed E-state index contributed by atoms with van der Waals surface area (Å²) in [4.78, 5) is 17.2. The molecule has 0 saturated heterocycles. The Hall–Kier alpha value is -1.28. The number of benzene rings is 1. The Labute approximate surface area is 211 Å². The molecule has 1 aromatic carbocycles. The number of nitrogens with one attached hydrogen (secondary N) is 2. The lowest BCUT2D eigenvalue weighted by molar-refractivity contribution is -0.121. The second-order valence-corrected chi connectivity index (χ2v) is 11.7. The minimum Gasteiger partial charge on any atom is -0.390 e. The van der Waals surface area contributed by atoms with Crippen LogP contribution in [0.3, 0.4) is 0 Å². The standard InChI is InChI=1S/C20H24Cl2F3N3O4S2/c1-18(2,30)7-11-15(33-17(28-11)16(29)26-8-19(3,4)31)10-5-6-12(14(22)13(10)21)34(32)27-9-20(23,24)25/h5-6,27,30-31H,7-9H2,1-4H3,(H,26,29). The van der Waals surface area contributed by atoms with Crippen LogP contribution in [0.5, 0.6) is 0 Å². The first-order valence-electron chi connectivity index (χ1n) is 9.81. The molecule has 1 amide bonds. The number of hydrogen-bond acceptors (Lipinski definition) is 6. The third kappa shape index (κ3) is 8.43. The van der Waals surface area contributed by atoms with E-state index in [2.05, 4.69) is 10.3 Å². The molecule has 1 aromatic heterocycles. The van der Waals surface area contributed by atoms with Crippen LogP contribution in [0, 0.1) is 0 Å². The van der Waals surface area contributed by atoms with E-state index in [1.807, 2.05) is 4.72 Å². The van der Waals surface area contributed by atoms with E-state index in [1.54, 1.807) is 13.8 Å². The van der Waals surface area contributed by atoms with Crippen molar-refractivity contribution < 1.29 is 32.4 Å². The molecule has 0 fully saturated rings. The van der Waals surface area contributed by atoms with Gasteiger partial charge in [0.25, 0.3) is 5.91 Å². The van der Waals surface area contributed by atoms with Gasteiger partial charge in [-0.25, -0.2) is 13.9 Å². The van der Waals surface area contributed by atoms with E-state index in [-0.39, 0.29) is 32.9 Å². The number of nitrogens with zero attached hydrogens (tertiary/aromatic N) is 1. The van der Waals surface area contributed by atoms with Gasteiger partial charge >= 0.3 is 6.18 Å². The highest BCUT2D eigenvalue weighted by Crippen LogP contribution is 2.41. The first-order chi connectivity index (χ1) is 15.4. The summed E-state index contributed by atoms with van der Waals surface area (Å²) < 4.78 is 51.4. The van der Waals surface area contributed by atoms with E-state index in [0.717, 1.165) is 11.3 Å². The van der Waals surface area contributed by atoms with Crippen LogP contribution in [-0.4, -0.2) is 55.8 Å². The fourth-order valence-corrected chi connectivity index (χ4v) is 5.32. The highest BCUT2D eigenvalue weighted by molar-refractivity contribution is 7.83. The molecule has 190 valence electrons. The van der Waals surface area contributed by atoms with E-state index in [4.69, 9.17) is 23.2 Å². The van der Waals surface area contributed by atoms with Crippen molar-refractivity contribution in [3.05, 3.63) is 32.9 Å². The third-order valence-electron chi connectivity index (χ3n) is 4.07. The van der Waals surface area contributed by atoms with Gasteiger partial charge in [0.15, 0.2) is 5.01 Å². The van der Waals surface area contributed by atoms with Crippen LogP contribution in [0.4, 0.5) is 13.2 Å². The maximum atomic E-state index is 12.6. The Morgan fingerprint density at radius 1 is 1.09 bits per heavy atom. The topological polar surface area (TPSA) is 112 Å². The van der Waals surface area contributed by atoms with Gasteiger partial charge in [0.1, 0.15) is 17.5 Å². The number of carbonyl (C=O) groups is 1. The molecule has 0 aliphatic carbocycles. The van der Waals surface area contributed by atoms with Crippen LogP contribution in [-0.2, 0) is 17.4 Å². The van der Waals surface area contributed by atoms with Crippen LogP contribution in [0.2, 0.25) is 10.0 Å². The number of aromatic nitrogens is 1. The summed E-state index contributed by atoms with van der Waals surface area (Å²) in [6.07, 6.45) is -4.52. The molecule has 1 atom stereocenters. The quantitative estimate of drug-likeness (QED) is 0.368. The summed E-state index contributed by atoms with van der Waals surface area (Å²) >= 11 is 13.6. The number of alkyl halides is 3. The summed E-state index contributed by atoms with van der Waals surface area (Å²) in [6.45, 7) is 4.64. The molecule has 0 saturated carbocycles. The van der Waals surface area contributed by atoms with Gasteiger partial charge < -0.3 is 15.5 Å². The number of rotatable bonds is 9. The molecular formula is C20H24Cl2F3N3O4S2. The Balaban J connectivity index is 2.46. The number of hydrogen-bond donors (Lipinski definition) is 4. The molecule has 1 unspecified atom stereocenters. The normalized spacial score (nSPS) is 13.7. The van der Waals surface area contributed by atoms with Crippen LogP contribution < -0.4 is 10.0 Å². The van der Waals surface area contributed by atoms with Crippen molar-refractivity contribution in [1.29, 1.82) is 0 Å². The van der Waals surface area contributed by atoms with E-state index in [9.17, 15) is 32.4 Å². The first kappa shape index (κ1) is 29.0. The molecule has 2 rings (SSSR count). The minimum atomic E-state index is -4.57. The summed E-state index contributed by atoms with van der Waals surface area (Å²) in [5.41, 5.74) is -1.69. The Kier molecular flexibility index (Phi) is 9.17. The summed E-state index contributed by atoms with van der Waals surface area (Å²) in [5, 5.41) is 22.4. The summed E-state index contributed by atoms with van der Waals surface area (Å²) in [6, 6.07) is 2.68. The maximum Gasteiger partial charge on any atom is 0.402 e. The second kappa shape index (κ2) is 10.8. The molecule has 14 heteroatoms. The molecule has 2 aromatic rings. The van der Waals surface area contributed by atoms with Crippen LogP contribution in [0.25, 0.3) is 10.4 Å². The second-order valence-electron chi connectivity index (χ2n) is 8.72.